The van der Waals surface area contributed by atoms with E-state index in [1.807, 2.05) is 0 Å². The minimum atomic E-state index is -0.724. The lowest BCUT2D eigenvalue weighted by atomic mass is 10.0. The molecule has 1 aromatic carbocycles. The molecule has 1 unspecified atom stereocenters. The molecule has 1 aromatic rings. The molecule has 21 heavy (non-hydrogen) atoms. The summed E-state index contributed by atoms with van der Waals surface area (Å²) in [5.74, 6) is 1.67. The van der Waals surface area contributed by atoms with Gasteiger partial charge in [-0.3, -0.25) is 0 Å². The highest BCUT2D eigenvalue weighted by atomic mass is 32.2. The van der Waals surface area contributed by atoms with Crippen LogP contribution in [0.1, 0.15) is 24.5 Å². The zero-order valence-corrected chi connectivity index (χ0v) is 13.3. The van der Waals surface area contributed by atoms with Gasteiger partial charge in [0.05, 0.1) is 5.60 Å². The second-order valence-corrected chi connectivity index (χ2v) is 6.66. The Morgan fingerprint density at radius 1 is 1.29 bits per heavy atom. The number of urea groups is 1. The van der Waals surface area contributed by atoms with Gasteiger partial charge in [-0.25, -0.2) is 4.79 Å². The fraction of sp³-hybridized carbons (Fsp3) is 0.562. The van der Waals surface area contributed by atoms with Gasteiger partial charge in [-0.05, 0) is 36.1 Å². The number of aryl methyl sites for hydroxylation is 1. The molecule has 1 heterocycles. The van der Waals surface area contributed by atoms with Crippen LogP contribution in [0.25, 0.3) is 0 Å². The number of benzene rings is 1. The predicted molar refractivity (Wildman–Crippen MR) is 87.8 cm³/mol. The molecule has 0 spiro atoms. The quantitative estimate of drug-likeness (QED) is 0.753. The van der Waals surface area contributed by atoms with Crippen molar-refractivity contribution in [1.29, 1.82) is 0 Å². The highest BCUT2D eigenvalue weighted by Crippen LogP contribution is 2.26. The molecule has 0 aliphatic carbocycles. The first kappa shape index (κ1) is 16.2. The highest BCUT2D eigenvalue weighted by molar-refractivity contribution is 7.99. The number of hydrogen-bond donors (Lipinski definition) is 3. The minimum Gasteiger partial charge on any atom is -0.387 e. The minimum absolute atomic E-state index is 0.203. The van der Waals surface area contributed by atoms with E-state index in [9.17, 15) is 9.90 Å². The van der Waals surface area contributed by atoms with Gasteiger partial charge in [0.1, 0.15) is 0 Å². The van der Waals surface area contributed by atoms with Crippen LogP contribution in [0.5, 0.6) is 0 Å². The molecule has 1 aliphatic rings. The third kappa shape index (κ3) is 5.25. The van der Waals surface area contributed by atoms with Crippen LogP contribution in [0.3, 0.4) is 0 Å². The molecule has 2 rings (SSSR count). The second kappa shape index (κ2) is 7.71. The van der Waals surface area contributed by atoms with Crippen molar-refractivity contribution >= 4 is 17.8 Å². The highest BCUT2D eigenvalue weighted by Gasteiger charge is 2.31. The van der Waals surface area contributed by atoms with Crippen molar-refractivity contribution in [2.24, 2.45) is 0 Å². The standard InChI is InChI=1S/C16H24N2O2S/c1-2-13-3-5-14(6-4-13)7-9-17-15(19)18-11-16(20)8-10-21-12-16/h3-6,20H,2,7-12H2,1H3,(H2,17,18,19). The number of carbonyl (C=O) groups excluding carboxylic acids is 1. The molecule has 0 saturated carbocycles. The third-order valence-electron chi connectivity index (χ3n) is 3.79. The Labute approximate surface area is 130 Å². The Hall–Kier alpha value is -1.20. The smallest absolute Gasteiger partial charge is 0.314 e. The van der Waals surface area contributed by atoms with Crippen LogP contribution in [0.2, 0.25) is 0 Å². The molecule has 1 fully saturated rings. The maximum atomic E-state index is 11.7. The monoisotopic (exact) mass is 308 g/mol. The van der Waals surface area contributed by atoms with Crippen molar-refractivity contribution in [2.45, 2.75) is 31.8 Å². The number of nitrogens with one attached hydrogen (secondary N) is 2. The molecule has 5 heteroatoms. The van der Waals surface area contributed by atoms with Crippen molar-refractivity contribution in [3.8, 4) is 0 Å². The van der Waals surface area contributed by atoms with Crippen LogP contribution in [-0.4, -0.2) is 41.3 Å². The van der Waals surface area contributed by atoms with Gasteiger partial charge in [-0.1, -0.05) is 31.2 Å². The Kier molecular flexibility index (Phi) is 5.94. The van der Waals surface area contributed by atoms with Crippen LogP contribution in [0, 0.1) is 0 Å². The fourth-order valence-corrected chi connectivity index (χ4v) is 3.60. The summed E-state index contributed by atoms with van der Waals surface area (Å²) in [6.45, 7) is 3.07. The average Bonchev–Trinajstić information content (AvgIpc) is 2.93. The van der Waals surface area contributed by atoms with Gasteiger partial charge >= 0.3 is 6.03 Å². The Balaban J connectivity index is 1.64. The van der Waals surface area contributed by atoms with E-state index in [1.54, 1.807) is 11.8 Å². The third-order valence-corrected chi connectivity index (χ3v) is 5.03. The van der Waals surface area contributed by atoms with Crippen molar-refractivity contribution in [3.05, 3.63) is 35.4 Å². The molecule has 1 aliphatic heterocycles. The fourth-order valence-electron chi connectivity index (χ4n) is 2.31. The molecule has 1 saturated heterocycles. The van der Waals surface area contributed by atoms with Crippen molar-refractivity contribution in [3.63, 3.8) is 0 Å². The summed E-state index contributed by atoms with van der Waals surface area (Å²) in [4.78, 5) is 11.7. The summed E-state index contributed by atoms with van der Waals surface area (Å²) < 4.78 is 0. The number of rotatable bonds is 6. The van der Waals surface area contributed by atoms with Crippen LogP contribution in [0.4, 0.5) is 4.79 Å². The molecule has 0 radical (unpaired) electrons. The van der Waals surface area contributed by atoms with Crippen LogP contribution in [0.15, 0.2) is 24.3 Å². The van der Waals surface area contributed by atoms with Crippen LogP contribution in [-0.2, 0) is 12.8 Å². The number of amides is 2. The first-order chi connectivity index (χ1) is 10.1. The molecule has 0 bridgehead atoms. The summed E-state index contributed by atoms with van der Waals surface area (Å²) in [7, 11) is 0. The van der Waals surface area contributed by atoms with Gasteiger partial charge < -0.3 is 15.7 Å². The Morgan fingerprint density at radius 2 is 2.00 bits per heavy atom. The number of thioether (sulfide) groups is 1. The Bertz CT molecular complexity index is 456. The first-order valence-corrected chi connectivity index (χ1v) is 8.66. The molecule has 3 N–H and O–H groups in total. The van der Waals surface area contributed by atoms with Crippen molar-refractivity contribution in [2.75, 3.05) is 24.6 Å². The summed E-state index contributed by atoms with van der Waals surface area (Å²) in [5.41, 5.74) is 1.82. The van der Waals surface area contributed by atoms with Gasteiger partial charge in [0, 0.05) is 18.8 Å². The van der Waals surface area contributed by atoms with Crippen LogP contribution < -0.4 is 10.6 Å². The normalized spacial score (nSPS) is 21.2. The predicted octanol–water partition coefficient (Wildman–Crippen LogP) is 1.96. The lowest BCUT2D eigenvalue weighted by Gasteiger charge is -2.21. The van der Waals surface area contributed by atoms with E-state index in [0.29, 0.717) is 18.8 Å². The topological polar surface area (TPSA) is 61.4 Å². The zero-order chi connectivity index (χ0) is 15.1. The van der Waals surface area contributed by atoms with E-state index in [0.717, 1.165) is 25.0 Å². The van der Waals surface area contributed by atoms with E-state index < -0.39 is 5.60 Å². The SMILES string of the molecule is CCc1ccc(CCNC(=O)NCC2(O)CCSC2)cc1. The molecule has 4 nitrogen and oxygen atoms in total. The second-order valence-electron chi connectivity index (χ2n) is 5.56. The molecule has 1 atom stereocenters. The summed E-state index contributed by atoms with van der Waals surface area (Å²) >= 11 is 1.73. The summed E-state index contributed by atoms with van der Waals surface area (Å²) in [6.07, 6.45) is 2.61. The molecular weight excluding hydrogens is 284 g/mol. The molecule has 0 aromatic heterocycles. The molecular formula is C16H24N2O2S. The van der Waals surface area contributed by atoms with E-state index in [4.69, 9.17) is 0 Å². The van der Waals surface area contributed by atoms with Crippen LogP contribution >= 0.6 is 11.8 Å². The lowest BCUT2D eigenvalue weighted by molar-refractivity contribution is 0.0700. The molecule has 2 amide bonds. The maximum absolute atomic E-state index is 11.7. The van der Waals surface area contributed by atoms with Gasteiger partial charge in [0.2, 0.25) is 0 Å². The van der Waals surface area contributed by atoms with E-state index in [2.05, 4.69) is 41.8 Å². The van der Waals surface area contributed by atoms with E-state index in [-0.39, 0.29) is 6.03 Å². The van der Waals surface area contributed by atoms with E-state index in [1.165, 1.54) is 11.1 Å². The van der Waals surface area contributed by atoms with Gasteiger partial charge in [0.25, 0.3) is 0 Å². The summed E-state index contributed by atoms with van der Waals surface area (Å²) in [6, 6.07) is 8.27. The average molecular weight is 308 g/mol. The van der Waals surface area contributed by atoms with Gasteiger partial charge in [-0.2, -0.15) is 11.8 Å². The van der Waals surface area contributed by atoms with Crippen molar-refractivity contribution < 1.29 is 9.90 Å². The number of hydrogen-bond acceptors (Lipinski definition) is 3. The number of carbonyl (C=O) groups is 1. The van der Waals surface area contributed by atoms with E-state index >= 15 is 0 Å². The first-order valence-electron chi connectivity index (χ1n) is 7.51. The maximum Gasteiger partial charge on any atom is 0.314 e. The zero-order valence-electron chi connectivity index (χ0n) is 12.5. The molecule has 116 valence electrons. The lowest BCUT2D eigenvalue weighted by Crippen LogP contribution is -2.46. The van der Waals surface area contributed by atoms with Crippen molar-refractivity contribution in [1.82, 2.24) is 10.6 Å². The largest absolute Gasteiger partial charge is 0.387 e. The summed E-state index contributed by atoms with van der Waals surface area (Å²) in [5, 5.41) is 15.7. The van der Waals surface area contributed by atoms with Gasteiger partial charge in [-0.15, -0.1) is 0 Å². The van der Waals surface area contributed by atoms with Gasteiger partial charge in [0.15, 0.2) is 0 Å². The Morgan fingerprint density at radius 3 is 2.62 bits per heavy atom. The number of aliphatic hydroxyl groups is 1.